The van der Waals surface area contributed by atoms with E-state index in [-0.39, 0.29) is 22.5 Å². The molecule has 0 bridgehead atoms. The fourth-order valence-corrected chi connectivity index (χ4v) is 3.85. The molecule has 0 saturated heterocycles. The number of nitrogens with one attached hydrogen (secondary N) is 1. The van der Waals surface area contributed by atoms with E-state index in [1.165, 1.54) is 10.9 Å². The van der Waals surface area contributed by atoms with Crippen LogP contribution in [0.3, 0.4) is 0 Å². The number of aromatic nitrogens is 2. The van der Waals surface area contributed by atoms with Gasteiger partial charge in [-0.1, -0.05) is 66.2 Å². The first-order valence-corrected chi connectivity index (χ1v) is 10.2. The molecule has 0 spiro atoms. The van der Waals surface area contributed by atoms with Crippen molar-refractivity contribution in [2.24, 2.45) is 16.1 Å². The smallest absolute Gasteiger partial charge is 0.276 e. The minimum absolute atomic E-state index is 0.229. The number of fused-ring (bicyclic) bond motifs is 1. The van der Waals surface area contributed by atoms with Crippen LogP contribution in [0.15, 0.2) is 101 Å². The molecule has 1 aliphatic heterocycles. The first-order valence-electron chi connectivity index (χ1n) is 9.87. The van der Waals surface area contributed by atoms with Gasteiger partial charge in [0.15, 0.2) is 0 Å². The van der Waals surface area contributed by atoms with E-state index in [0.29, 0.717) is 11.4 Å². The normalized spacial score (nSPS) is 16.9. The van der Waals surface area contributed by atoms with Gasteiger partial charge in [-0.2, -0.15) is 5.10 Å². The molecule has 156 valence electrons. The monoisotopic (exact) mass is 441 g/mol. The van der Waals surface area contributed by atoms with Crippen LogP contribution in [0.2, 0.25) is 5.15 Å². The number of para-hydroxylation sites is 1. The lowest BCUT2D eigenvalue weighted by molar-refractivity contribution is -0.119. The van der Waals surface area contributed by atoms with E-state index < -0.39 is 5.92 Å². The quantitative estimate of drug-likeness (QED) is 0.601. The fraction of sp³-hybridized carbons (Fsp3) is 0.0417. The largest absolute Gasteiger partial charge is 0.322 e. The van der Waals surface area contributed by atoms with Crippen molar-refractivity contribution < 1.29 is 9.59 Å². The molecule has 1 unspecified atom stereocenters. The van der Waals surface area contributed by atoms with Crippen LogP contribution in [0.1, 0.15) is 15.9 Å². The number of carbonyl (C=O) groups excluding carboxylic acids is 2. The highest BCUT2D eigenvalue weighted by atomic mass is 35.5. The molecular formula is C24H16ClN5O2. The number of hydrogen-bond acceptors (Lipinski definition) is 4. The molecule has 7 nitrogen and oxygen atoms in total. The number of amides is 2. The zero-order chi connectivity index (χ0) is 22.1. The summed E-state index contributed by atoms with van der Waals surface area (Å²) in [5.41, 5.74) is 3.87. The van der Waals surface area contributed by atoms with Crippen molar-refractivity contribution in [1.29, 1.82) is 0 Å². The van der Waals surface area contributed by atoms with Gasteiger partial charge in [0, 0.05) is 11.3 Å². The minimum atomic E-state index is -0.407. The zero-order valence-electron chi connectivity index (χ0n) is 16.6. The van der Waals surface area contributed by atoms with Crippen molar-refractivity contribution >= 4 is 34.8 Å². The summed E-state index contributed by atoms with van der Waals surface area (Å²) >= 11 is 6.39. The number of hydrogen-bond donors (Lipinski definition) is 1. The maximum Gasteiger partial charge on any atom is 0.276 e. The maximum absolute atomic E-state index is 12.7. The molecule has 0 saturated carbocycles. The van der Waals surface area contributed by atoms with Crippen molar-refractivity contribution in [3.05, 3.63) is 107 Å². The van der Waals surface area contributed by atoms with Crippen molar-refractivity contribution in [2.75, 3.05) is 5.32 Å². The molecule has 2 aromatic carbocycles. The second-order valence-electron chi connectivity index (χ2n) is 7.19. The molecule has 2 amide bonds. The molecule has 2 heterocycles. The van der Waals surface area contributed by atoms with Gasteiger partial charge in [-0.3, -0.25) is 9.59 Å². The minimum Gasteiger partial charge on any atom is -0.322 e. The SMILES string of the molecule is O=C(Nc1ccc(C2=C3C=CC=CC3C(=O)N=N2)cc1)c1cnn(-c2ccccc2)c1Cl. The zero-order valence-corrected chi connectivity index (χ0v) is 17.4. The van der Waals surface area contributed by atoms with Crippen LogP contribution in [0, 0.1) is 5.92 Å². The van der Waals surface area contributed by atoms with Gasteiger partial charge in [-0.15, -0.1) is 10.2 Å². The van der Waals surface area contributed by atoms with E-state index in [1.54, 1.807) is 12.1 Å². The standard InChI is InChI=1S/C24H16ClN5O2/c25-22-20(14-26-30(22)17-6-2-1-3-7-17)23(31)27-16-12-10-15(11-13-16)21-18-8-4-5-9-19(18)24(32)29-28-21/h1-14,19H,(H,27,31). The Balaban J connectivity index is 1.36. The third-order valence-electron chi connectivity index (χ3n) is 5.19. The number of carbonyl (C=O) groups is 2. The Morgan fingerprint density at radius 1 is 1.00 bits per heavy atom. The number of allylic oxidation sites excluding steroid dienone is 3. The molecule has 2 aliphatic rings. The molecule has 32 heavy (non-hydrogen) atoms. The van der Waals surface area contributed by atoms with E-state index in [9.17, 15) is 9.59 Å². The van der Waals surface area contributed by atoms with Crippen molar-refractivity contribution in [2.45, 2.75) is 0 Å². The van der Waals surface area contributed by atoms with Crippen LogP contribution in [-0.4, -0.2) is 21.6 Å². The van der Waals surface area contributed by atoms with Gasteiger partial charge >= 0.3 is 0 Å². The second-order valence-corrected chi connectivity index (χ2v) is 7.55. The maximum atomic E-state index is 12.7. The van der Waals surface area contributed by atoms with E-state index in [4.69, 9.17) is 11.6 Å². The predicted octanol–water partition coefficient (Wildman–Crippen LogP) is 5.22. The summed E-state index contributed by atoms with van der Waals surface area (Å²) < 4.78 is 1.51. The average Bonchev–Trinajstić information content (AvgIpc) is 3.22. The lowest BCUT2D eigenvalue weighted by atomic mass is 9.89. The number of azo groups is 1. The Morgan fingerprint density at radius 2 is 1.78 bits per heavy atom. The Hall–Kier alpha value is -4.10. The molecule has 1 aromatic heterocycles. The number of anilines is 1. The number of halogens is 1. The van der Waals surface area contributed by atoms with Crippen LogP contribution >= 0.6 is 11.6 Å². The molecule has 1 aliphatic carbocycles. The first kappa shape index (κ1) is 19.8. The van der Waals surface area contributed by atoms with E-state index in [2.05, 4.69) is 20.6 Å². The van der Waals surface area contributed by atoms with Crippen LogP contribution in [0.5, 0.6) is 0 Å². The Bertz CT molecular complexity index is 1330. The third-order valence-corrected chi connectivity index (χ3v) is 5.55. The van der Waals surface area contributed by atoms with Gasteiger partial charge in [0.1, 0.15) is 5.15 Å². The lowest BCUT2D eigenvalue weighted by Gasteiger charge is -2.19. The fourth-order valence-electron chi connectivity index (χ4n) is 3.57. The van der Waals surface area contributed by atoms with E-state index in [0.717, 1.165) is 16.8 Å². The van der Waals surface area contributed by atoms with Gasteiger partial charge < -0.3 is 5.32 Å². The van der Waals surface area contributed by atoms with Crippen LogP contribution in [0.25, 0.3) is 11.4 Å². The van der Waals surface area contributed by atoms with Crippen LogP contribution < -0.4 is 5.32 Å². The highest BCUT2D eigenvalue weighted by Gasteiger charge is 2.27. The van der Waals surface area contributed by atoms with E-state index >= 15 is 0 Å². The molecule has 1 atom stereocenters. The summed E-state index contributed by atoms with van der Waals surface area (Å²) in [6, 6.07) is 16.5. The summed E-state index contributed by atoms with van der Waals surface area (Å²) in [7, 11) is 0. The Kier molecular flexibility index (Phi) is 5.09. The second kappa shape index (κ2) is 8.20. The number of rotatable bonds is 4. The van der Waals surface area contributed by atoms with E-state index in [1.807, 2.05) is 66.8 Å². The highest BCUT2D eigenvalue weighted by Crippen LogP contribution is 2.34. The van der Waals surface area contributed by atoms with Gasteiger partial charge in [0.05, 0.1) is 29.1 Å². The number of nitrogens with zero attached hydrogens (tertiary/aromatic N) is 4. The molecule has 5 rings (SSSR count). The Morgan fingerprint density at radius 3 is 2.56 bits per heavy atom. The molecule has 0 fully saturated rings. The van der Waals surface area contributed by atoms with Crippen molar-refractivity contribution in [3.63, 3.8) is 0 Å². The summed E-state index contributed by atoms with van der Waals surface area (Å²) in [6.07, 6.45) is 8.82. The highest BCUT2D eigenvalue weighted by molar-refractivity contribution is 6.33. The molecule has 1 N–H and O–H groups in total. The first-order chi connectivity index (χ1) is 15.6. The summed E-state index contributed by atoms with van der Waals surface area (Å²) in [6.45, 7) is 0. The van der Waals surface area contributed by atoms with Gasteiger partial charge in [-0.25, -0.2) is 4.68 Å². The van der Waals surface area contributed by atoms with Crippen molar-refractivity contribution in [1.82, 2.24) is 9.78 Å². The van der Waals surface area contributed by atoms with Crippen molar-refractivity contribution in [3.8, 4) is 5.69 Å². The topological polar surface area (TPSA) is 88.7 Å². The van der Waals surface area contributed by atoms with Crippen LogP contribution in [-0.2, 0) is 4.79 Å². The van der Waals surface area contributed by atoms with Gasteiger partial charge in [-0.05, 0) is 29.8 Å². The molecular weight excluding hydrogens is 426 g/mol. The molecule has 3 aromatic rings. The van der Waals surface area contributed by atoms with Crippen LogP contribution in [0.4, 0.5) is 5.69 Å². The van der Waals surface area contributed by atoms with Gasteiger partial charge in [0.25, 0.3) is 11.8 Å². The average molecular weight is 442 g/mol. The third kappa shape index (κ3) is 3.59. The molecule has 0 radical (unpaired) electrons. The predicted molar refractivity (Wildman–Crippen MR) is 122 cm³/mol. The summed E-state index contributed by atoms with van der Waals surface area (Å²) in [5, 5.41) is 15.2. The summed E-state index contributed by atoms with van der Waals surface area (Å²) in [4.78, 5) is 24.7. The lowest BCUT2D eigenvalue weighted by Crippen LogP contribution is -2.17. The summed E-state index contributed by atoms with van der Waals surface area (Å²) in [5.74, 6) is -1.05. The van der Waals surface area contributed by atoms with Gasteiger partial charge in [0.2, 0.25) is 0 Å². The molecule has 8 heteroatoms. The Labute approximate surface area is 188 Å². The number of benzene rings is 2.